The lowest BCUT2D eigenvalue weighted by molar-refractivity contribution is 0.0527. The molecule has 0 spiro atoms. The molecule has 1 atom stereocenters. The van der Waals surface area contributed by atoms with Gasteiger partial charge in [0.15, 0.2) is 0 Å². The molecule has 1 heterocycles. The molecule has 1 aliphatic heterocycles. The van der Waals surface area contributed by atoms with Gasteiger partial charge < -0.3 is 20.1 Å². The lowest BCUT2D eigenvalue weighted by atomic mass is 10.1. The first-order valence-electron chi connectivity index (χ1n) is 6.45. The summed E-state index contributed by atoms with van der Waals surface area (Å²) in [5, 5.41) is 5.94. The van der Waals surface area contributed by atoms with Gasteiger partial charge in [-0.3, -0.25) is 0 Å². The smallest absolute Gasteiger partial charge is 0.407 e. The summed E-state index contributed by atoms with van der Waals surface area (Å²) in [5.41, 5.74) is -0.445. The molecule has 0 radical (unpaired) electrons. The largest absolute Gasteiger partial charge is 0.497 e. The monoisotopic (exact) mass is 256 g/mol. The Balaban J connectivity index is 1.98. The van der Waals surface area contributed by atoms with Crippen molar-refractivity contribution < 1.29 is 14.3 Å². The Morgan fingerprint density at radius 1 is 1.44 bits per heavy atom. The first-order chi connectivity index (χ1) is 8.47. The highest BCUT2D eigenvalue weighted by atomic mass is 16.6. The van der Waals surface area contributed by atoms with Crippen LogP contribution in [0, 0.1) is 0 Å². The summed E-state index contributed by atoms with van der Waals surface area (Å²) in [5.74, 6) is 0. The zero-order valence-corrected chi connectivity index (χ0v) is 11.5. The lowest BCUT2D eigenvalue weighted by Crippen LogP contribution is -2.38. The maximum atomic E-state index is 11.3. The molecule has 1 rings (SSSR count). The molecular formula is C13H24N2O3. The van der Waals surface area contributed by atoms with Crippen LogP contribution >= 0.6 is 0 Å². The molecule has 1 aliphatic rings. The van der Waals surface area contributed by atoms with Crippen LogP contribution in [0.4, 0.5) is 4.79 Å². The summed E-state index contributed by atoms with van der Waals surface area (Å²) in [4.78, 5) is 11.3. The Labute approximate surface area is 109 Å². The molecule has 0 aromatic heterocycles. The van der Waals surface area contributed by atoms with E-state index in [2.05, 4.69) is 10.6 Å². The van der Waals surface area contributed by atoms with Crippen molar-refractivity contribution in [3.8, 4) is 0 Å². The topological polar surface area (TPSA) is 59.6 Å². The highest BCUT2D eigenvalue weighted by Crippen LogP contribution is 2.08. The van der Waals surface area contributed by atoms with Crippen LogP contribution in [0.15, 0.2) is 12.3 Å². The summed E-state index contributed by atoms with van der Waals surface area (Å²) in [7, 11) is 0. The minimum Gasteiger partial charge on any atom is -0.497 e. The molecule has 1 unspecified atom stereocenters. The number of ether oxygens (including phenoxy) is 2. The Morgan fingerprint density at radius 2 is 2.22 bits per heavy atom. The van der Waals surface area contributed by atoms with E-state index in [9.17, 15) is 4.79 Å². The molecule has 0 saturated heterocycles. The third kappa shape index (κ3) is 7.17. The van der Waals surface area contributed by atoms with E-state index < -0.39 is 5.60 Å². The maximum Gasteiger partial charge on any atom is 0.407 e. The standard InChI is InChI=1S/C13H24N2O3/c1-13(2,3)18-12(16)15-8-7-14-10-11-6-4-5-9-17-11/h5,9,11,14H,4,6-8,10H2,1-3H3,(H,15,16). The van der Waals surface area contributed by atoms with E-state index in [0.29, 0.717) is 13.1 Å². The predicted octanol–water partition coefficient (Wildman–Crippen LogP) is 1.79. The Hall–Kier alpha value is -1.23. The number of alkyl carbamates (subject to hydrolysis) is 1. The third-order valence-corrected chi connectivity index (χ3v) is 2.36. The number of hydrogen-bond acceptors (Lipinski definition) is 4. The van der Waals surface area contributed by atoms with Crippen molar-refractivity contribution in [2.45, 2.75) is 45.3 Å². The zero-order chi connectivity index (χ0) is 13.4. The Kier molecular flexibility index (Phi) is 5.98. The Bertz CT molecular complexity index is 284. The minimum atomic E-state index is -0.445. The fraction of sp³-hybridized carbons (Fsp3) is 0.769. The van der Waals surface area contributed by atoms with Crippen LogP contribution < -0.4 is 10.6 Å². The summed E-state index contributed by atoms with van der Waals surface area (Å²) in [6.07, 6.45) is 5.78. The second-order valence-corrected chi connectivity index (χ2v) is 5.34. The van der Waals surface area contributed by atoms with E-state index >= 15 is 0 Å². The highest BCUT2D eigenvalue weighted by molar-refractivity contribution is 5.67. The molecule has 0 saturated carbocycles. The van der Waals surface area contributed by atoms with Crippen LogP contribution in [0.5, 0.6) is 0 Å². The van der Waals surface area contributed by atoms with Crippen molar-refractivity contribution in [2.75, 3.05) is 19.6 Å². The van der Waals surface area contributed by atoms with E-state index in [1.807, 2.05) is 26.8 Å². The van der Waals surface area contributed by atoms with Crippen molar-refractivity contribution in [1.29, 1.82) is 0 Å². The highest BCUT2D eigenvalue weighted by Gasteiger charge is 2.15. The van der Waals surface area contributed by atoms with Gasteiger partial charge in [-0.1, -0.05) is 0 Å². The number of hydrogen-bond donors (Lipinski definition) is 2. The molecule has 0 aromatic rings. The molecule has 18 heavy (non-hydrogen) atoms. The summed E-state index contributed by atoms with van der Waals surface area (Å²) < 4.78 is 10.5. The molecule has 1 amide bonds. The van der Waals surface area contributed by atoms with Gasteiger partial charge in [0, 0.05) is 19.6 Å². The van der Waals surface area contributed by atoms with E-state index in [-0.39, 0.29) is 12.2 Å². The van der Waals surface area contributed by atoms with Gasteiger partial charge in [-0.25, -0.2) is 4.79 Å². The maximum absolute atomic E-state index is 11.3. The van der Waals surface area contributed by atoms with Gasteiger partial charge in [-0.05, 0) is 39.7 Å². The molecule has 104 valence electrons. The first kappa shape index (κ1) is 14.8. The number of amides is 1. The zero-order valence-electron chi connectivity index (χ0n) is 11.5. The third-order valence-electron chi connectivity index (χ3n) is 2.36. The summed E-state index contributed by atoms with van der Waals surface area (Å²) >= 11 is 0. The van der Waals surface area contributed by atoms with Crippen molar-refractivity contribution in [1.82, 2.24) is 10.6 Å². The first-order valence-corrected chi connectivity index (χ1v) is 6.45. The van der Waals surface area contributed by atoms with Crippen LogP contribution in [-0.2, 0) is 9.47 Å². The molecule has 5 heteroatoms. The van der Waals surface area contributed by atoms with Crippen molar-refractivity contribution in [3.63, 3.8) is 0 Å². The molecule has 5 nitrogen and oxygen atoms in total. The molecule has 0 aromatic carbocycles. The fourth-order valence-electron chi connectivity index (χ4n) is 1.57. The van der Waals surface area contributed by atoms with Gasteiger partial charge in [0.2, 0.25) is 0 Å². The number of allylic oxidation sites excluding steroid dienone is 1. The summed E-state index contributed by atoms with van der Waals surface area (Å²) in [6, 6.07) is 0. The molecule has 2 N–H and O–H groups in total. The number of carbonyl (C=O) groups excluding carboxylic acids is 1. The molecule has 0 fully saturated rings. The van der Waals surface area contributed by atoms with Crippen LogP contribution in [0.1, 0.15) is 33.6 Å². The van der Waals surface area contributed by atoms with Crippen molar-refractivity contribution in [3.05, 3.63) is 12.3 Å². The van der Waals surface area contributed by atoms with E-state index in [1.54, 1.807) is 6.26 Å². The minimum absolute atomic E-state index is 0.247. The number of carbonyl (C=O) groups is 1. The predicted molar refractivity (Wildman–Crippen MR) is 70.4 cm³/mol. The molecule has 0 bridgehead atoms. The SMILES string of the molecule is CC(C)(C)OC(=O)NCCNCC1CCC=CO1. The van der Waals surface area contributed by atoms with Crippen molar-refractivity contribution >= 4 is 6.09 Å². The number of nitrogens with one attached hydrogen (secondary N) is 2. The van der Waals surface area contributed by atoms with Gasteiger partial charge >= 0.3 is 6.09 Å². The van der Waals surface area contributed by atoms with Crippen LogP contribution in [0.25, 0.3) is 0 Å². The van der Waals surface area contributed by atoms with Gasteiger partial charge in [0.1, 0.15) is 11.7 Å². The van der Waals surface area contributed by atoms with Gasteiger partial charge in [-0.15, -0.1) is 0 Å². The second-order valence-electron chi connectivity index (χ2n) is 5.34. The van der Waals surface area contributed by atoms with Crippen LogP contribution in [-0.4, -0.2) is 37.4 Å². The average Bonchev–Trinajstić information content (AvgIpc) is 2.27. The number of rotatable bonds is 5. The Morgan fingerprint density at radius 3 is 2.83 bits per heavy atom. The second kappa shape index (κ2) is 7.26. The van der Waals surface area contributed by atoms with E-state index in [1.165, 1.54) is 0 Å². The lowest BCUT2D eigenvalue weighted by Gasteiger charge is -2.21. The van der Waals surface area contributed by atoms with E-state index in [4.69, 9.17) is 9.47 Å². The quantitative estimate of drug-likeness (QED) is 0.736. The summed E-state index contributed by atoms with van der Waals surface area (Å²) in [6.45, 7) is 7.61. The van der Waals surface area contributed by atoms with Gasteiger partial charge in [-0.2, -0.15) is 0 Å². The van der Waals surface area contributed by atoms with Crippen molar-refractivity contribution in [2.24, 2.45) is 0 Å². The normalized spacial score (nSPS) is 19.2. The fourth-order valence-corrected chi connectivity index (χ4v) is 1.57. The van der Waals surface area contributed by atoms with Gasteiger partial charge in [0.05, 0.1) is 6.26 Å². The van der Waals surface area contributed by atoms with Crippen LogP contribution in [0.2, 0.25) is 0 Å². The van der Waals surface area contributed by atoms with E-state index in [0.717, 1.165) is 19.4 Å². The molecular weight excluding hydrogens is 232 g/mol. The molecule has 0 aliphatic carbocycles. The average molecular weight is 256 g/mol. The van der Waals surface area contributed by atoms with Crippen LogP contribution in [0.3, 0.4) is 0 Å². The van der Waals surface area contributed by atoms with Gasteiger partial charge in [0.25, 0.3) is 0 Å².